The molecule has 1 aliphatic heterocycles. The number of carbonyl (C=O) groups excluding carboxylic acids is 1. The number of benzene rings is 1. The zero-order chi connectivity index (χ0) is 11.5. The first-order valence-corrected chi connectivity index (χ1v) is 5.92. The molecular formula is C12H15ClN2O. The van der Waals surface area contributed by atoms with Crippen LogP contribution in [0.2, 0.25) is 0 Å². The van der Waals surface area contributed by atoms with Gasteiger partial charge in [-0.3, -0.25) is 4.79 Å². The van der Waals surface area contributed by atoms with Crippen LogP contribution in [0.3, 0.4) is 0 Å². The molecule has 0 aromatic heterocycles. The van der Waals surface area contributed by atoms with Gasteiger partial charge < -0.3 is 10.2 Å². The average Bonchev–Trinajstić information content (AvgIpc) is 2.70. The van der Waals surface area contributed by atoms with Gasteiger partial charge in [0.2, 0.25) is 5.91 Å². The molecule has 1 aromatic rings. The van der Waals surface area contributed by atoms with Crippen molar-refractivity contribution in [3.8, 4) is 0 Å². The highest BCUT2D eigenvalue weighted by molar-refractivity contribution is 6.18. The topological polar surface area (TPSA) is 32.3 Å². The minimum absolute atomic E-state index is 0.161. The van der Waals surface area contributed by atoms with E-state index in [2.05, 4.69) is 5.32 Å². The van der Waals surface area contributed by atoms with Gasteiger partial charge >= 0.3 is 0 Å². The summed E-state index contributed by atoms with van der Waals surface area (Å²) in [7, 11) is 1.86. The summed E-state index contributed by atoms with van der Waals surface area (Å²) in [6.07, 6.45) is 0.557. The molecule has 1 atom stereocenters. The Hall–Kier alpha value is -1.22. The van der Waals surface area contributed by atoms with Gasteiger partial charge in [0.1, 0.15) is 0 Å². The van der Waals surface area contributed by atoms with Crippen LogP contribution in [0.1, 0.15) is 6.42 Å². The van der Waals surface area contributed by atoms with E-state index in [-0.39, 0.29) is 11.8 Å². The van der Waals surface area contributed by atoms with Crippen molar-refractivity contribution in [2.45, 2.75) is 6.42 Å². The number of para-hydroxylation sites is 2. The summed E-state index contributed by atoms with van der Waals surface area (Å²) in [5.74, 6) is 0.983. The maximum absolute atomic E-state index is 11.9. The average molecular weight is 239 g/mol. The van der Waals surface area contributed by atoms with E-state index in [1.54, 1.807) is 0 Å². The summed E-state index contributed by atoms with van der Waals surface area (Å²) in [6.45, 7) is 0.723. The molecule has 1 amide bonds. The Bertz CT molecular complexity index is 394. The molecule has 0 bridgehead atoms. The van der Waals surface area contributed by atoms with E-state index in [4.69, 9.17) is 11.6 Å². The SMILES string of the molecule is CNc1ccccc1N1CC(CCl)CC1=O. The molecule has 2 rings (SSSR count). The third-order valence-electron chi connectivity index (χ3n) is 2.89. The molecule has 0 saturated carbocycles. The molecule has 1 saturated heterocycles. The van der Waals surface area contributed by atoms with Crippen molar-refractivity contribution in [3.63, 3.8) is 0 Å². The summed E-state index contributed by atoms with van der Waals surface area (Å²) in [5, 5.41) is 3.10. The predicted octanol–water partition coefficient (Wildman–Crippen LogP) is 2.32. The molecule has 1 aromatic carbocycles. The molecule has 3 nitrogen and oxygen atoms in total. The second-order valence-electron chi connectivity index (χ2n) is 4.00. The molecule has 1 heterocycles. The molecule has 0 spiro atoms. The number of amides is 1. The first-order valence-electron chi connectivity index (χ1n) is 5.39. The second kappa shape index (κ2) is 4.74. The highest BCUT2D eigenvalue weighted by Crippen LogP contribution is 2.31. The summed E-state index contributed by atoms with van der Waals surface area (Å²) < 4.78 is 0. The zero-order valence-corrected chi connectivity index (χ0v) is 10.00. The predicted molar refractivity (Wildman–Crippen MR) is 67.2 cm³/mol. The highest BCUT2D eigenvalue weighted by atomic mass is 35.5. The fraction of sp³-hybridized carbons (Fsp3) is 0.417. The van der Waals surface area contributed by atoms with Gasteiger partial charge in [-0.2, -0.15) is 0 Å². The van der Waals surface area contributed by atoms with Gasteiger partial charge in [-0.1, -0.05) is 12.1 Å². The number of carbonyl (C=O) groups is 1. The maximum Gasteiger partial charge on any atom is 0.227 e. The summed E-state index contributed by atoms with van der Waals surface area (Å²) in [4.78, 5) is 13.7. The molecule has 86 valence electrons. The van der Waals surface area contributed by atoms with E-state index in [9.17, 15) is 4.79 Å². The van der Waals surface area contributed by atoms with E-state index in [1.807, 2.05) is 36.2 Å². The molecule has 1 aliphatic rings. The third kappa shape index (κ3) is 2.00. The lowest BCUT2D eigenvalue weighted by atomic mass is 10.1. The molecule has 1 N–H and O–H groups in total. The standard InChI is InChI=1S/C12H15ClN2O/c1-14-10-4-2-3-5-11(10)15-8-9(7-13)6-12(15)16/h2-5,9,14H,6-8H2,1H3. The fourth-order valence-corrected chi connectivity index (χ4v) is 2.24. The van der Waals surface area contributed by atoms with Crippen LogP contribution >= 0.6 is 11.6 Å². The van der Waals surface area contributed by atoms with Gasteiger partial charge in [-0.15, -0.1) is 11.6 Å². The molecule has 1 unspecified atom stereocenters. The fourth-order valence-electron chi connectivity index (χ4n) is 2.04. The number of nitrogens with zero attached hydrogens (tertiary/aromatic N) is 1. The van der Waals surface area contributed by atoms with E-state index < -0.39 is 0 Å². The number of halogens is 1. The van der Waals surface area contributed by atoms with Gasteiger partial charge in [0, 0.05) is 25.9 Å². The van der Waals surface area contributed by atoms with Crippen LogP contribution in [-0.4, -0.2) is 25.4 Å². The Morgan fingerprint density at radius 2 is 2.25 bits per heavy atom. The van der Waals surface area contributed by atoms with Crippen molar-refractivity contribution in [3.05, 3.63) is 24.3 Å². The smallest absolute Gasteiger partial charge is 0.227 e. The molecule has 4 heteroatoms. The van der Waals surface area contributed by atoms with E-state index >= 15 is 0 Å². The minimum atomic E-state index is 0.161. The number of alkyl halides is 1. The van der Waals surface area contributed by atoms with Gasteiger partial charge in [-0.05, 0) is 18.1 Å². The highest BCUT2D eigenvalue weighted by Gasteiger charge is 2.30. The lowest BCUT2D eigenvalue weighted by molar-refractivity contribution is -0.117. The molecule has 0 aliphatic carbocycles. The largest absolute Gasteiger partial charge is 0.386 e. The van der Waals surface area contributed by atoms with Gasteiger partial charge in [0.15, 0.2) is 0 Å². The van der Waals surface area contributed by atoms with Crippen LogP contribution in [0.5, 0.6) is 0 Å². The number of hydrogen-bond acceptors (Lipinski definition) is 2. The Labute approximate surface area is 100 Å². The number of hydrogen-bond donors (Lipinski definition) is 1. The first kappa shape index (κ1) is 11.3. The normalized spacial score (nSPS) is 20.2. The summed E-state index contributed by atoms with van der Waals surface area (Å²) in [5.41, 5.74) is 1.92. The summed E-state index contributed by atoms with van der Waals surface area (Å²) >= 11 is 5.81. The van der Waals surface area contributed by atoms with Crippen molar-refractivity contribution >= 4 is 28.9 Å². The maximum atomic E-state index is 11.9. The van der Waals surface area contributed by atoms with E-state index in [1.165, 1.54) is 0 Å². The lowest BCUT2D eigenvalue weighted by Crippen LogP contribution is -2.25. The quantitative estimate of drug-likeness (QED) is 0.820. The lowest BCUT2D eigenvalue weighted by Gasteiger charge is -2.19. The molecule has 1 fully saturated rings. The summed E-state index contributed by atoms with van der Waals surface area (Å²) in [6, 6.07) is 7.82. The van der Waals surface area contributed by atoms with Gasteiger partial charge in [0.05, 0.1) is 11.4 Å². The van der Waals surface area contributed by atoms with Gasteiger partial charge in [0.25, 0.3) is 0 Å². The van der Waals surface area contributed by atoms with Crippen molar-refractivity contribution in [1.29, 1.82) is 0 Å². The molecular weight excluding hydrogens is 224 g/mol. The van der Waals surface area contributed by atoms with Crippen molar-refractivity contribution in [2.24, 2.45) is 5.92 Å². The van der Waals surface area contributed by atoms with E-state index in [0.717, 1.165) is 17.9 Å². The van der Waals surface area contributed by atoms with Gasteiger partial charge in [-0.25, -0.2) is 0 Å². The zero-order valence-electron chi connectivity index (χ0n) is 9.24. The van der Waals surface area contributed by atoms with Crippen LogP contribution in [-0.2, 0) is 4.79 Å². The molecule has 16 heavy (non-hydrogen) atoms. The van der Waals surface area contributed by atoms with Crippen molar-refractivity contribution in [1.82, 2.24) is 0 Å². The Balaban J connectivity index is 2.27. The number of nitrogens with one attached hydrogen (secondary N) is 1. The van der Waals surface area contributed by atoms with E-state index in [0.29, 0.717) is 12.3 Å². The Morgan fingerprint density at radius 1 is 1.50 bits per heavy atom. The minimum Gasteiger partial charge on any atom is -0.386 e. The van der Waals surface area contributed by atoms with Crippen LogP contribution in [0.15, 0.2) is 24.3 Å². The van der Waals surface area contributed by atoms with Crippen LogP contribution in [0.4, 0.5) is 11.4 Å². The molecule has 0 radical (unpaired) electrons. The Morgan fingerprint density at radius 3 is 2.88 bits per heavy atom. The second-order valence-corrected chi connectivity index (χ2v) is 4.30. The van der Waals surface area contributed by atoms with Crippen LogP contribution in [0, 0.1) is 5.92 Å². The van der Waals surface area contributed by atoms with Crippen LogP contribution < -0.4 is 10.2 Å². The number of anilines is 2. The first-order chi connectivity index (χ1) is 7.76. The monoisotopic (exact) mass is 238 g/mol. The van der Waals surface area contributed by atoms with Crippen molar-refractivity contribution < 1.29 is 4.79 Å². The Kier molecular flexibility index (Phi) is 3.34. The van der Waals surface area contributed by atoms with Crippen molar-refractivity contribution in [2.75, 3.05) is 29.7 Å². The number of rotatable bonds is 3. The van der Waals surface area contributed by atoms with Crippen LogP contribution in [0.25, 0.3) is 0 Å². The third-order valence-corrected chi connectivity index (χ3v) is 3.32.